The molecule has 114 valence electrons. The second-order valence-electron chi connectivity index (χ2n) is 5.12. The zero-order valence-electron chi connectivity index (χ0n) is 12.1. The minimum Gasteiger partial charge on any atom is -0.379 e. The van der Waals surface area contributed by atoms with Gasteiger partial charge < -0.3 is 5.32 Å². The van der Waals surface area contributed by atoms with Crippen LogP contribution in [0.1, 0.15) is 4.88 Å². The van der Waals surface area contributed by atoms with E-state index in [1.54, 1.807) is 22.7 Å². The molecular weight excluding hydrogens is 344 g/mol. The fourth-order valence-corrected chi connectivity index (χ4v) is 4.37. The first-order valence-corrected chi connectivity index (χ1v) is 9.34. The molecule has 0 radical (unpaired) electrons. The molecule has 0 aliphatic heterocycles. The standard InChI is InChI=1S/C18H13ClN2S2/c19-16-9-15(20-10-13-7-4-8-22-13)18-17(21-16)14(11-23-18)12-5-2-1-3-6-12/h1-9,11H,10H2,(H,20,21). The predicted molar refractivity (Wildman–Crippen MR) is 102 cm³/mol. The van der Waals surface area contributed by atoms with Crippen molar-refractivity contribution in [1.82, 2.24) is 4.98 Å². The Morgan fingerprint density at radius 2 is 1.91 bits per heavy atom. The van der Waals surface area contributed by atoms with Crippen LogP contribution in [0.4, 0.5) is 5.69 Å². The van der Waals surface area contributed by atoms with Gasteiger partial charge in [0.25, 0.3) is 0 Å². The number of pyridine rings is 1. The van der Waals surface area contributed by atoms with E-state index in [1.807, 2.05) is 24.3 Å². The number of anilines is 1. The number of nitrogens with one attached hydrogen (secondary N) is 1. The molecule has 2 nitrogen and oxygen atoms in total. The fraction of sp³-hybridized carbons (Fsp3) is 0.0556. The average Bonchev–Trinajstić information content (AvgIpc) is 3.23. The first kappa shape index (κ1) is 14.7. The largest absolute Gasteiger partial charge is 0.379 e. The highest BCUT2D eigenvalue weighted by molar-refractivity contribution is 7.18. The van der Waals surface area contributed by atoms with Gasteiger partial charge in [0.05, 0.1) is 15.9 Å². The van der Waals surface area contributed by atoms with Gasteiger partial charge in [0.15, 0.2) is 0 Å². The van der Waals surface area contributed by atoms with Crippen LogP contribution in [0.5, 0.6) is 0 Å². The lowest BCUT2D eigenvalue weighted by molar-refractivity contribution is 1.20. The van der Waals surface area contributed by atoms with Crippen LogP contribution in [0.25, 0.3) is 21.3 Å². The summed E-state index contributed by atoms with van der Waals surface area (Å²) in [6.45, 7) is 0.797. The van der Waals surface area contributed by atoms with E-state index < -0.39 is 0 Å². The summed E-state index contributed by atoms with van der Waals surface area (Å²) in [5, 5.41) is 8.25. The maximum atomic E-state index is 6.26. The minimum atomic E-state index is 0.516. The molecule has 4 rings (SSSR count). The van der Waals surface area contributed by atoms with Gasteiger partial charge in [-0.15, -0.1) is 22.7 Å². The molecule has 4 aromatic rings. The van der Waals surface area contributed by atoms with Crippen molar-refractivity contribution in [2.45, 2.75) is 6.54 Å². The number of aromatic nitrogens is 1. The molecule has 0 unspecified atom stereocenters. The number of fused-ring (bicyclic) bond motifs is 1. The Hall–Kier alpha value is -1.88. The van der Waals surface area contributed by atoms with Crippen molar-refractivity contribution in [1.29, 1.82) is 0 Å². The Labute approximate surface area is 147 Å². The lowest BCUT2D eigenvalue weighted by Crippen LogP contribution is -1.98. The zero-order chi connectivity index (χ0) is 15.6. The van der Waals surface area contributed by atoms with Crippen LogP contribution in [-0.4, -0.2) is 4.98 Å². The minimum absolute atomic E-state index is 0.516. The molecule has 3 aromatic heterocycles. The van der Waals surface area contributed by atoms with E-state index in [4.69, 9.17) is 11.6 Å². The molecule has 0 saturated carbocycles. The van der Waals surface area contributed by atoms with E-state index >= 15 is 0 Å². The summed E-state index contributed by atoms with van der Waals surface area (Å²) >= 11 is 9.70. The van der Waals surface area contributed by atoms with Gasteiger partial charge in [-0.25, -0.2) is 4.98 Å². The summed E-state index contributed by atoms with van der Waals surface area (Å²) in [7, 11) is 0. The molecule has 23 heavy (non-hydrogen) atoms. The molecule has 1 N–H and O–H groups in total. The van der Waals surface area contributed by atoms with Crippen LogP contribution in [0.2, 0.25) is 5.15 Å². The third-order valence-corrected chi connectivity index (χ3v) is 5.68. The summed E-state index contributed by atoms with van der Waals surface area (Å²) in [5.74, 6) is 0. The van der Waals surface area contributed by atoms with E-state index in [0.717, 1.165) is 33.6 Å². The number of hydrogen-bond acceptors (Lipinski definition) is 4. The second kappa shape index (κ2) is 6.32. The molecule has 5 heteroatoms. The Morgan fingerprint density at radius 3 is 2.70 bits per heavy atom. The number of hydrogen-bond donors (Lipinski definition) is 1. The normalized spacial score (nSPS) is 11.0. The van der Waals surface area contributed by atoms with Crippen molar-refractivity contribution < 1.29 is 0 Å². The van der Waals surface area contributed by atoms with E-state index in [1.165, 1.54) is 4.88 Å². The summed E-state index contributed by atoms with van der Waals surface area (Å²) in [4.78, 5) is 5.85. The molecule has 0 spiro atoms. The third-order valence-electron chi connectivity index (χ3n) is 3.61. The van der Waals surface area contributed by atoms with Crippen LogP contribution in [-0.2, 0) is 6.54 Å². The lowest BCUT2D eigenvalue weighted by Gasteiger charge is -2.07. The van der Waals surface area contributed by atoms with Gasteiger partial charge in [0, 0.05) is 28.4 Å². The molecule has 0 saturated heterocycles. The first-order valence-electron chi connectivity index (χ1n) is 7.21. The lowest BCUT2D eigenvalue weighted by atomic mass is 10.1. The van der Waals surface area contributed by atoms with E-state index in [0.29, 0.717) is 5.15 Å². The SMILES string of the molecule is Clc1cc(NCc2cccs2)c2scc(-c3ccccc3)c2n1. The number of thiophene rings is 2. The molecule has 0 fully saturated rings. The molecule has 3 heterocycles. The van der Waals surface area contributed by atoms with Gasteiger partial charge in [0.1, 0.15) is 5.15 Å². The summed E-state index contributed by atoms with van der Waals surface area (Å²) in [5.41, 5.74) is 4.30. The van der Waals surface area contributed by atoms with Crippen molar-refractivity contribution in [3.8, 4) is 11.1 Å². The maximum absolute atomic E-state index is 6.26. The van der Waals surface area contributed by atoms with Gasteiger partial charge in [-0.05, 0) is 17.0 Å². The van der Waals surface area contributed by atoms with Crippen molar-refractivity contribution in [2.75, 3.05) is 5.32 Å². The van der Waals surface area contributed by atoms with Crippen molar-refractivity contribution >= 4 is 50.2 Å². The Morgan fingerprint density at radius 1 is 1.04 bits per heavy atom. The average molecular weight is 357 g/mol. The van der Waals surface area contributed by atoms with Gasteiger partial charge >= 0.3 is 0 Å². The van der Waals surface area contributed by atoms with Gasteiger partial charge in [-0.2, -0.15) is 0 Å². The summed E-state index contributed by atoms with van der Waals surface area (Å²) in [6.07, 6.45) is 0. The Balaban J connectivity index is 1.76. The van der Waals surface area contributed by atoms with Crippen LogP contribution >= 0.6 is 34.3 Å². The van der Waals surface area contributed by atoms with E-state index in [9.17, 15) is 0 Å². The number of benzene rings is 1. The highest BCUT2D eigenvalue weighted by atomic mass is 35.5. The van der Waals surface area contributed by atoms with Crippen LogP contribution < -0.4 is 5.32 Å². The van der Waals surface area contributed by atoms with Crippen LogP contribution in [0.3, 0.4) is 0 Å². The van der Waals surface area contributed by atoms with E-state index in [-0.39, 0.29) is 0 Å². The molecule has 0 atom stereocenters. The van der Waals surface area contributed by atoms with Crippen molar-refractivity contribution in [3.63, 3.8) is 0 Å². The molecule has 0 aliphatic carbocycles. The highest BCUT2D eigenvalue weighted by Crippen LogP contribution is 2.38. The van der Waals surface area contributed by atoms with Crippen LogP contribution in [0.15, 0.2) is 59.3 Å². The summed E-state index contributed by atoms with van der Waals surface area (Å²) < 4.78 is 1.14. The number of nitrogens with zero attached hydrogens (tertiary/aromatic N) is 1. The summed E-state index contributed by atoms with van der Waals surface area (Å²) in [6, 6.07) is 16.4. The van der Waals surface area contributed by atoms with Gasteiger partial charge in [0.2, 0.25) is 0 Å². The van der Waals surface area contributed by atoms with E-state index in [2.05, 4.69) is 45.3 Å². The number of rotatable bonds is 4. The second-order valence-corrected chi connectivity index (χ2v) is 7.42. The zero-order valence-corrected chi connectivity index (χ0v) is 14.5. The Bertz CT molecular complexity index is 930. The quantitative estimate of drug-likeness (QED) is 0.434. The molecule has 0 bridgehead atoms. The van der Waals surface area contributed by atoms with Crippen molar-refractivity contribution in [2.24, 2.45) is 0 Å². The number of halogens is 1. The first-order chi connectivity index (χ1) is 11.3. The van der Waals surface area contributed by atoms with Gasteiger partial charge in [-0.1, -0.05) is 48.0 Å². The smallest absolute Gasteiger partial charge is 0.131 e. The topological polar surface area (TPSA) is 24.9 Å². The predicted octanol–water partition coefficient (Wildman–Crippen LogP) is 6.29. The maximum Gasteiger partial charge on any atom is 0.131 e. The molecule has 0 aliphatic rings. The van der Waals surface area contributed by atoms with Crippen molar-refractivity contribution in [3.05, 3.63) is 69.3 Å². The Kier molecular flexibility index (Phi) is 4.04. The third kappa shape index (κ3) is 2.98. The molecule has 1 aromatic carbocycles. The highest BCUT2D eigenvalue weighted by Gasteiger charge is 2.13. The van der Waals surface area contributed by atoms with Gasteiger partial charge in [-0.3, -0.25) is 0 Å². The van der Waals surface area contributed by atoms with Crippen LogP contribution in [0, 0.1) is 0 Å². The monoisotopic (exact) mass is 356 g/mol. The molecule has 0 amide bonds. The molecular formula is C18H13ClN2S2. The fourth-order valence-electron chi connectivity index (χ4n) is 2.53.